The molecule has 0 spiro atoms. The molecule has 5 rings (SSSR count). The molecule has 0 unspecified atom stereocenters. The van der Waals surface area contributed by atoms with Crippen LogP contribution >= 0.6 is 23.2 Å². The van der Waals surface area contributed by atoms with E-state index >= 15 is 0 Å². The van der Waals surface area contributed by atoms with Gasteiger partial charge in [0.1, 0.15) is 0 Å². The van der Waals surface area contributed by atoms with Gasteiger partial charge in [-0.1, -0.05) is 66.5 Å². The SMILES string of the molecule is C[C@@H]1C/C(=C\c2ccc(Cl)cc2)C2=NN(C(=O)/C=C/c3cccc([N+](=O)[O-])c3)[C@@H](c3ccc(Cl)cc3)[C@H]2C1. The van der Waals surface area contributed by atoms with Crippen molar-refractivity contribution in [1.82, 2.24) is 5.01 Å². The molecular weight excluding hydrogens is 521 g/mol. The molecular formula is C30H25Cl2N3O3. The first-order valence-electron chi connectivity index (χ1n) is 12.3. The minimum absolute atomic E-state index is 0.0219. The number of carbonyl (C=O) groups is 1. The third-order valence-corrected chi connectivity index (χ3v) is 7.42. The van der Waals surface area contributed by atoms with E-state index in [0.29, 0.717) is 21.5 Å². The number of nitro benzene ring substituents is 1. The quantitative estimate of drug-likeness (QED) is 0.185. The summed E-state index contributed by atoms with van der Waals surface area (Å²) >= 11 is 12.2. The van der Waals surface area contributed by atoms with Crippen LogP contribution in [0.5, 0.6) is 0 Å². The van der Waals surface area contributed by atoms with E-state index in [2.05, 4.69) is 13.0 Å². The highest BCUT2D eigenvalue weighted by atomic mass is 35.5. The minimum Gasteiger partial charge on any atom is -0.268 e. The molecule has 0 aromatic heterocycles. The number of hydrogen-bond acceptors (Lipinski definition) is 4. The zero-order valence-corrected chi connectivity index (χ0v) is 22.1. The molecule has 3 atom stereocenters. The summed E-state index contributed by atoms with van der Waals surface area (Å²) in [5.74, 6) is 0.133. The minimum atomic E-state index is -0.456. The fourth-order valence-corrected chi connectivity index (χ4v) is 5.46. The topological polar surface area (TPSA) is 75.8 Å². The Balaban J connectivity index is 1.52. The average Bonchev–Trinajstić information content (AvgIpc) is 3.29. The van der Waals surface area contributed by atoms with Crippen LogP contribution in [0.3, 0.4) is 0 Å². The first kappa shape index (κ1) is 25.9. The van der Waals surface area contributed by atoms with Crippen LogP contribution in [0.2, 0.25) is 10.0 Å². The Kier molecular flexibility index (Phi) is 7.45. The van der Waals surface area contributed by atoms with Crippen molar-refractivity contribution in [3.63, 3.8) is 0 Å². The molecule has 1 aliphatic heterocycles. The van der Waals surface area contributed by atoms with Gasteiger partial charge in [0, 0.05) is 34.2 Å². The summed E-state index contributed by atoms with van der Waals surface area (Å²) in [6, 6.07) is 21.1. The molecule has 38 heavy (non-hydrogen) atoms. The van der Waals surface area contributed by atoms with Crippen molar-refractivity contribution in [2.45, 2.75) is 25.8 Å². The van der Waals surface area contributed by atoms with E-state index in [-0.39, 0.29) is 23.6 Å². The molecule has 8 heteroatoms. The number of allylic oxidation sites excluding steroid dienone is 1. The Bertz CT molecular complexity index is 1460. The third-order valence-electron chi connectivity index (χ3n) is 6.91. The van der Waals surface area contributed by atoms with Gasteiger partial charge in [-0.2, -0.15) is 5.10 Å². The maximum atomic E-state index is 13.6. The number of hydrogen-bond donors (Lipinski definition) is 0. The van der Waals surface area contributed by atoms with E-state index in [1.165, 1.54) is 18.2 Å². The Hall–Kier alpha value is -3.74. The summed E-state index contributed by atoms with van der Waals surface area (Å²) < 4.78 is 0. The number of hydrazone groups is 1. The van der Waals surface area contributed by atoms with E-state index in [9.17, 15) is 14.9 Å². The molecule has 2 aliphatic rings. The normalized spacial score (nSPS) is 22.0. The van der Waals surface area contributed by atoms with Gasteiger partial charge in [-0.15, -0.1) is 0 Å². The van der Waals surface area contributed by atoms with Crippen molar-refractivity contribution in [1.29, 1.82) is 0 Å². The lowest BCUT2D eigenvalue weighted by atomic mass is 9.73. The molecule has 0 radical (unpaired) electrons. The van der Waals surface area contributed by atoms with Gasteiger partial charge in [-0.25, -0.2) is 5.01 Å². The van der Waals surface area contributed by atoms with E-state index in [1.807, 2.05) is 48.5 Å². The van der Waals surface area contributed by atoms with Crippen LogP contribution in [0.1, 0.15) is 42.5 Å². The Morgan fingerprint density at radius 3 is 2.39 bits per heavy atom. The Morgan fingerprint density at radius 1 is 1.03 bits per heavy atom. The van der Waals surface area contributed by atoms with Crippen molar-refractivity contribution in [2.75, 3.05) is 0 Å². The summed E-state index contributed by atoms with van der Waals surface area (Å²) in [7, 11) is 0. The highest BCUT2D eigenvalue weighted by molar-refractivity contribution is 6.30. The summed E-state index contributed by atoms with van der Waals surface area (Å²) in [6.07, 6.45) is 6.89. The summed E-state index contributed by atoms with van der Waals surface area (Å²) in [5, 5.41) is 18.9. The van der Waals surface area contributed by atoms with Crippen LogP contribution in [0.4, 0.5) is 5.69 Å². The number of nitrogens with zero attached hydrogens (tertiary/aromatic N) is 3. The molecule has 6 nitrogen and oxygen atoms in total. The van der Waals surface area contributed by atoms with Gasteiger partial charge in [0.25, 0.3) is 11.6 Å². The lowest BCUT2D eigenvalue weighted by Gasteiger charge is -2.32. The van der Waals surface area contributed by atoms with Crippen LogP contribution in [-0.4, -0.2) is 21.6 Å². The van der Waals surface area contributed by atoms with Crippen molar-refractivity contribution < 1.29 is 9.72 Å². The van der Waals surface area contributed by atoms with Crippen LogP contribution < -0.4 is 0 Å². The van der Waals surface area contributed by atoms with Gasteiger partial charge >= 0.3 is 0 Å². The largest absolute Gasteiger partial charge is 0.270 e. The molecule has 192 valence electrons. The number of carbonyl (C=O) groups excluding carboxylic acids is 1. The summed E-state index contributed by atoms with van der Waals surface area (Å²) in [6.45, 7) is 2.22. The van der Waals surface area contributed by atoms with Crippen LogP contribution in [0.15, 0.2) is 89.5 Å². The number of amides is 1. The second kappa shape index (κ2) is 10.9. The van der Waals surface area contributed by atoms with Crippen molar-refractivity contribution in [3.05, 3.63) is 121 Å². The molecule has 0 saturated heterocycles. The first-order chi connectivity index (χ1) is 18.3. The first-order valence-corrected chi connectivity index (χ1v) is 13.1. The molecule has 1 aliphatic carbocycles. The smallest absolute Gasteiger partial charge is 0.268 e. The van der Waals surface area contributed by atoms with Gasteiger partial charge < -0.3 is 0 Å². The van der Waals surface area contributed by atoms with Gasteiger partial charge in [0.05, 0.1) is 16.7 Å². The van der Waals surface area contributed by atoms with Gasteiger partial charge in [-0.3, -0.25) is 14.9 Å². The number of halogens is 2. The van der Waals surface area contributed by atoms with E-state index in [4.69, 9.17) is 28.3 Å². The van der Waals surface area contributed by atoms with E-state index in [0.717, 1.165) is 35.3 Å². The lowest BCUT2D eigenvalue weighted by molar-refractivity contribution is -0.384. The average molecular weight is 546 g/mol. The molecule has 0 bridgehead atoms. The molecule has 1 saturated carbocycles. The number of non-ortho nitro benzene ring substituents is 1. The van der Waals surface area contributed by atoms with Gasteiger partial charge in [-0.05, 0) is 77.4 Å². The van der Waals surface area contributed by atoms with Crippen molar-refractivity contribution in [2.24, 2.45) is 16.9 Å². The number of fused-ring (bicyclic) bond motifs is 1. The van der Waals surface area contributed by atoms with E-state index < -0.39 is 4.92 Å². The predicted octanol–water partition coefficient (Wildman–Crippen LogP) is 7.98. The highest BCUT2D eigenvalue weighted by Crippen LogP contribution is 2.46. The number of nitro groups is 1. The summed E-state index contributed by atoms with van der Waals surface area (Å²) in [4.78, 5) is 24.2. The van der Waals surface area contributed by atoms with Gasteiger partial charge in [0.2, 0.25) is 0 Å². The van der Waals surface area contributed by atoms with Gasteiger partial charge in [0.15, 0.2) is 0 Å². The highest BCUT2D eigenvalue weighted by Gasteiger charge is 2.44. The van der Waals surface area contributed by atoms with Crippen molar-refractivity contribution in [3.8, 4) is 0 Å². The fraction of sp³-hybridized carbons (Fsp3) is 0.200. The molecule has 3 aromatic carbocycles. The molecule has 1 heterocycles. The molecule has 0 N–H and O–H groups in total. The standard InChI is InChI=1S/C30H25Cl2N3O3/c1-19-15-23(17-21-5-10-24(31)11-6-21)29-27(16-19)30(22-8-12-25(32)13-9-22)34(33-29)28(36)14-7-20-3-2-4-26(18-20)35(37)38/h2-14,17-19,27,30H,15-16H2,1H3/b14-7+,23-17+/t19-,27+,30+/m1/s1. The zero-order valence-electron chi connectivity index (χ0n) is 20.6. The maximum Gasteiger partial charge on any atom is 0.270 e. The van der Waals surface area contributed by atoms with Crippen molar-refractivity contribution >= 4 is 52.7 Å². The predicted molar refractivity (Wildman–Crippen MR) is 152 cm³/mol. The second-order valence-electron chi connectivity index (χ2n) is 9.72. The summed E-state index contributed by atoms with van der Waals surface area (Å²) in [5.41, 5.74) is 4.53. The number of rotatable bonds is 5. The van der Waals surface area contributed by atoms with Crippen LogP contribution in [-0.2, 0) is 4.79 Å². The van der Waals surface area contributed by atoms with E-state index in [1.54, 1.807) is 23.2 Å². The fourth-order valence-electron chi connectivity index (χ4n) is 5.21. The molecule has 1 fully saturated rings. The molecule has 1 amide bonds. The van der Waals surface area contributed by atoms with Crippen LogP contribution in [0, 0.1) is 22.0 Å². The maximum absolute atomic E-state index is 13.6. The zero-order chi connectivity index (χ0) is 26.8. The monoisotopic (exact) mass is 545 g/mol. The lowest BCUT2D eigenvalue weighted by Crippen LogP contribution is -2.32. The Morgan fingerprint density at radius 2 is 1.71 bits per heavy atom. The number of benzene rings is 3. The van der Waals surface area contributed by atoms with Crippen LogP contribution in [0.25, 0.3) is 12.2 Å². The molecule has 3 aromatic rings. The third kappa shape index (κ3) is 5.57. The Labute approximate surface area is 231 Å². The second-order valence-corrected chi connectivity index (χ2v) is 10.6.